The van der Waals surface area contributed by atoms with Crippen molar-refractivity contribution < 1.29 is 157 Å². The van der Waals surface area contributed by atoms with Crippen molar-refractivity contribution in [2.45, 2.75) is 345 Å². The number of aliphatic hydroxyl groups excluding tert-OH is 15. The van der Waals surface area contributed by atoms with Crippen molar-refractivity contribution in [2.24, 2.45) is 50.2 Å². The van der Waals surface area contributed by atoms with Gasteiger partial charge in [0.15, 0.2) is 37.4 Å². The van der Waals surface area contributed by atoms with Crippen molar-refractivity contribution in [3.05, 3.63) is 11.6 Å². The smallest absolute Gasteiger partial charge is 0.317 e. The molecule has 5 heterocycles. The summed E-state index contributed by atoms with van der Waals surface area (Å²) in [5, 5.41) is 169. The van der Waals surface area contributed by atoms with Crippen molar-refractivity contribution in [3.8, 4) is 0 Å². The lowest BCUT2D eigenvalue weighted by Crippen LogP contribution is -2.70. The predicted molar refractivity (Wildman–Crippen MR) is 348 cm³/mol. The van der Waals surface area contributed by atoms with E-state index in [9.17, 15) is 91.0 Å². The molecule has 590 valence electrons. The lowest BCUT2D eigenvalue weighted by atomic mass is 9.33. The Bertz CT molecular complexity index is 2990. The van der Waals surface area contributed by atoms with Crippen LogP contribution in [0.3, 0.4) is 0 Å². The molecule has 0 radical (unpaired) electrons. The largest absolute Gasteiger partial charge is 0.462 e. The van der Waals surface area contributed by atoms with Gasteiger partial charge in [-0.25, -0.2) is 0 Å². The SMILES string of the molecule is C[C@H](O)CC(=O)O[C@@H](C)CC(=O)O[C@@H](C)CC(=O)O[C@@H]1[C@H](O)[C@@H](O[C@@H]2O[C@@H](C)[C@H](O[C@@H]3OC[C@@H](O)[C@H](O[C@@H]4O[C@@H](C)[C@H](O)[C@@H](O)[C@H]4O)[C@H]3O)[C@@H](O)[C@H]2O)[C@H](OC(=O)[C@]23CCC(C)(C)C[C@H]2C2=CC[C@@H]4[C@@]5(C)C[C@H](O)[C@H](O[C@@H]6O[C@@H](C)[C@H](O)[C@@H](O)[C@H]6O)[C@@](C)(CO)[C@@H]5CC[C@@]4(C)[C@]2(C)C[C@H]3O)O[C@@H]1C. The van der Waals surface area contributed by atoms with Crippen LogP contribution in [0.2, 0.25) is 0 Å². The normalized spacial score (nSPS) is 49.9. The zero-order valence-corrected chi connectivity index (χ0v) is 61.0. The zero-order chi connectivity index (χ0) is 76.0. The molecule has 0 spiro atoms. The van der Waals surface area contributed by atoms with Gasteiger partial charge in [-0.3, -0.25) is 19.2 Å². The van der Waals surface area contributed by atoms with Crippen LogP contribution in [0.25, 0.3) is 0 Å². The van der Waals surface area contributed by atoms with Gasteiger partial charge in [0.05, 0.1) is 81.3 Å². The second-order valence-corrected chi connectivity index (χ2v) is 33.2. The molecule has 9 fully saturated rings. The summed E-state index contributed by atoms with van der Waals surface area (Å²) in [5.41, 5.74) is -4.37. The standard InChI is InChI=1S/C71H114O32/c1-28(73)20-42(77)92-29(2)21-43(78)93-30(3)22-44(79)98-56-34(7)97-64(58(53(56)88)101-62-52(87)49(84)55(33(6)96-62)99-60-54(89)57(38(75)26-91-60)100-61-50(85)47(82)45(80)31(4)94-61)103-65(90)71-19-18-66(8,9)23-36(71)35-14-15-40-67(10)24-37(74)59(102-63-51(86)48(83)46(81)32(5)95-63)68(11,27-72)39(67)16-17-69(40,12)70(35,13)25-41(71)76/h14,28-34,36-41,45-64,72-76,80-89H,15-27H2,1-13H3/t28-,29-,30-,31-,32-,33-,34+,36-,37-,38+,39+,40+,41+,45-,46-,47+,48+,49-,50+,51+,52+,53-,54+,55-,56-,57-,58+,59-,60-,61-,62-,63-,64-,67-,68-,69+,70+,71+/m0/s1. The molecule has 32 nitrogen and oxygen atoms in total. The lowest BCUT2D eigenvalue weighted by molar-refractivity contribution is -0.380. The van der Waals surface area contributed by atoms with Gasteiger partial charge in [0.2, 0.25) is 6.29 Å². The van der Waals surface area contributed by atoms with Gasteiger partial charge in [-0.2, -0.15) is 0 Å². The summed E-state index contributed by atoms with van der Waals surface area (Å²) in [6.45, 7) is 21.4. The summed E-state index contributed by atoms with van der Waals surface area (Å²) in [6.07, 6.45) is -42.5. The van der Waals surface area contributed by atoms with E-state index in [0.717, 1.165) is 5.57 Å². The van der Waals surface area contributed by atoms with Crippen molar-refractivity contribution in [2.75, 3.05) is 13.2 Å². The first-order chi connectivity index (χ1) is 48.0. The second-order valence-electron chi connectivity index (χ2n) is 33.2. The molecular weight excluding hydrogens is 1360 g/mol. The maximum absolute atomic E-state index is 16.0. The van der Waals surface area contributed by atoms with E-state index >= 15 is 4.79 Å². The van der Waals surface area contributed by atoms with Gasteiger partial charge >= 0.3 is 23.9 Å². The molecule has 5 saturated heterocycles. The number of aliphatic hydroxyl groups is 15. The Hall–Kier alpha value is -3.34. The third kappa shape index (κ3) is 15.4. The number of hydrogen-bond donors (Lipinski definition) is 15. The van der Waals surface area contributed by atoms with Crippen LogP contribution in [0, 0.1) is 50.2 Å². The fraction of sp³-hybridized carbons (Fsp3) is 0.915. The number of hydrogen-bond acceptors (Lipinski definition) is 32. The first-order valence-electron chi connectivity index (χ1n) is 36.5. The summed E-state index contributed by atoms with van der Waals surface area (Å²) in [4.78, 5) is 54.9. The number of ether oxygens (including phenoxy) is 13. The molecule has 32 heteroatoms. The Kier molecular flexibility index (Phi) is 24.9. The van der Waals surface area contributed by atoms with Gasteiger partial charge in [-0.05, 0) is 139 Å². The number of allylic oxidation sites excluding steroid dienone is 2. The van der Waals surface area contributed by atoms with E-state index in [2.05, 4.69) is 40.7 Å². The van der Waals surface area contributed by atoms with Crippen LogP contribution >= 0.6 is 0 Å². The topological polar surface area (TPSA) is 492 Å². The number of carbonyl (C=O) groups excluding carboxylic acids is 4. The van der Waals surface area contributed by atoms with Crippen LogP contribution in [0.5, 0.6) is 0 Å². The highest BCUT2D eigenvalue weighted by molar-refractivity contribution is 5.80. The maximum Gasteiger partial charge on any atom is 0.317 e. The van der Waals surface area contributed by atoms with Crippen LogP contribution in [0.4, 0.5) is 0 Å². The van der Waals surface area contributed by atoms with Gasteiger partial charge in [0, 0.05) is 5.41 Å². The van der Waals surface area contributed by atoms with Crippen LogP contribution in [0.1, 0.15) is 161 Å². The first kappa shape index (κ1) is 82.2. The summed E-state index contributed by atoms with van der Waals surface area (Å²) in [7, 11) is 0. The van der Waals surface area contributed by atoms with Gasteiger partial charge in [0.25, 0.3) is 0 Å². The highest BCUT2D eigenvalue weighted by Gasteiger charge is 2.73. The molecular formula is C71H114O32. The van der Waals surface area contributed by atoms with Gasteiger partial charge in [0.1, 0.15) is 97.0 Å². The van der Waals surface area contributed by atoms with Crippen LogP contribution < -0.4 is 0 Å². The molecule has 10 aliphatic rings. The predicted octanol–water partition coefficient (Wildman–Crippen LogP) is -1.58. The molecule has 0 aromatic carbocycles. The van der Waals surface area contributed by atoms with Gasteiger partial charge < -0.3 is 138 Å². The first-order valence-corrected chi connectivity index (χ1v) is 36.5. The minimum atomic E-state index is -2.12. The molecule has 15 N–H and O–H groups in total. The Balaban J connectivity index is 0.900. The highest BCUT2D eigenvalue weighted by atomic mass is 16.8. The molecule has 5 aliphatic heterocycles. The maximum atomic E-state index is 16.0. The quantitative estimate of drug-likeness (QED) is 0.0283. The average molecular weight is 1480 g/mol. The van der Waals surface area contributed by atoms with Crippen LogP contribution in [0.15, 0.2) is 11.6 Å². The fourth-order valence-corrected chi connectivity index (χ4v) is 19.5. The third-order valence-electron chi connectivity index (χ3n) is 25.4. The van der Waals surface area contributed by atoms with E-state index in [1.54, 1.807) is 0 Å². The molecule has 103 heavy (non-hydrogen) atoms. The molecule has 0 aromatic rings. The van der Waals surface area contributed by atoms with Crippen LogP contribution in [-0.2, 0) is 80.8 Å². The third-order valence-corrected chi connectivity index (χ3v) is 25.4. The fourth-order valence-electron chi connectivity index (χ4n) is 19.5. The summed E-state index contributed by atoms with van der Waals surface area (Å²) in [6, 6.07) is 0. The molecule has 5 aliphatic carbocycles. The number of rotatable bonds is 20. The Morgan fingerprint density at radius 2 is 1.04 bits per heavy atom. The van der Waals surface area contributed by atoms with Crippen molar-refractivity contribution >= 4 is 23.9 Å². The minimum Gasteiger partial charge on any atom is -0.462 e. The molecule has 0 aromatic heterocycles. The van der Waals surface area contributed by atoms with Crippen LogP contribution in [-0.4, -0.2) is 298 Å². The van der Waals surface area contributed by atoms with E-state index in [1.807, 2.05) is 6.92 Å². The minimum absolute atomic E-state index is 0.0604. The monoisotopic (exact) mass is 1480 g/mol. The lowest BCUT2D eigenvalue weighted by Gasteiger charge is -2.72. The summed E-state index contributed by atoms with van der Waals surface area (Å²) >= 11 is 0. The van der Waals surface area contributed by atoms with E-state index in [1.165, 1.54) is 48.5 Å². The Morgan fingerprint density at radius 3 is 1.63 bits per heavy atom. The molecule has 0 unspecified atom stereocenters. The van der Waals surface area contributed by atoms with Crippen molar-refractivity contribution in [1.29, 1.82) is 0 Å². The van der Waals surface area contributed by atoms with Gasteiger partial charge in [-0.15, -0.1) is 0 Å². The number of carbonyl (C=O) groups is 4. The Labute approximate surface area is 599 Å². The number of esters is 4. The van der Waals surface area contributed by atoms with E-state index in [0.29, 0.717) is 32.1 Å². The molecule has 4 saturated carbocycles. The van der Waals surface area contributed by atoms with E-state index < -0.39 is 272 Å². The highest BCUT2D eigenvalue weighted by Crippen LogP contribution is 2.76. The molecule has 38 atom stereocenters. The van der Waals surface area contributed by atoms with E-state index in [4.69, 9.17) is 61.6 Å². The number of fused-ring (bicyclic) bond motifs is 7. The van der Waals surface area contributed by atoms with Gasteiger partial charge in [-0.1, -0.05) is 53.2 Å². The van der Waals surface area contributed by atoms with E-state index in [-0.39, 0.29) is 37.5 Å². The summed E-state index contributed by atoms with van der Waals surface area (Å²) in [5.74, 6) is -4.68. The molecule has 0 amide bonds. The molecule has 10 rings (SSSR count). The molecule has 0 bridgehead atoms. The Morgan fingerprint density at radius 1 is 0.515 bits per heavy atom. The zero-order valence-electron chi connectivity index (χ0n) is 61.0. The second kappa shape index (κ2) is 31.2. The average Bonchev–Trinajstić information content (AvgIpc) is 0.669. The van der Waals surface area contributed by atoms with Crippen molar-refractivity contribution in [1.82, 2.24) is 0 Å². The summed E-state index contributed by atoms with van der Waals surface area (Å²) < 4.78 is 77.1. The van der Waals surface area contributed by atoms with Crippen molar-refractivity contribution in [3.63, 3.8) is 0 Å².